The third-order valence-electron chi connectivity index (χ3n) is 8.72. The second-order valence-corrected chi connectivity index (χ2v) is 11.5. The van der Waals surface area contributed by atoms with Crippen LogP contribution in [0.25, 0.3) is 0 Å². The number of methoxy groups -OCH3 is 1. The molecule has 1 saturated carbocycles. The van der Waals surface area contributed by atoms with Crippen LogP contribution in [0.2, 0.25) is 0 Å². The molecule has 3 atom stereocenters. The molecule has 3 aliphatic rings. The summed E-state index contributed by atoms with van der Waals surface area (Å²) in [6.45, 7) is 3.06. The number of rotatable bonds is 7. The maximum atomic E-state index is 13.5. The molecule has 5 nitrogen and oxygen atoms in total. The lowest BCUT2D eigenvalue weighted by Gasteiger charge is -2.39. The molecule has 1 aliphatic carbocycles. The largest absolute Gasteiger partial charge is 0.489 e. The molecule has 0 aromatic heterocycles. The lowest BCUT2D eigenvalue weighted by atomic mass is 9.82. The monoisotopic (exact) mass is 584 g/mol. The van der Waals surface area contributed by atoms with Gasteiger partial charge in [0.05, 0.1) is 35.9 Å². The van der Waals surface area contributed by atoms with E-state index in [2.05, 4.69) is 5.32 Å². The number of nitrogens with one attached hydrogen (secondary N) is 1. The first-order valence-electron chi connectivity index (χ1n) is 14.0. The van der Waals surface area contributed by atoms with Crippen LogP contribution in [0, 0.1) is 17.8 Å². The molecule has 1 saturated heterocycles. The Morgan fingerprint density at radius 3 is 2.34 bits per heavy atom. The van der Waals surface area contributed by atoms with Gasteiger partial charge in [0, 0.05) is 6.54 Å². The third kappa shape index (κ3) is 6.60. The molecule has 0 unspecified atom stereocenters. The number of hydrogen-bond donors (Lipinski definition) is 1. The Kier molecular flexibility index (Phi) is 8.20. The zero-order valence-electron chi connectivity index (χ0n) is 22.9. The maximum Gasteiger partial charge on any atom is 0.416 e. The number of carbonyl (C=O) groups is 1. The highest BCUT2D eigenvalue weighted by Gasteiger charge is 2.40. The van der Waals surface area contributed by atoms with Crippen molar-refractivity contribution in [2.75, 3.05) is 32.1 Å². The topological polar surface area (TPSA) is 50.8 Å². The molecule has 2 heterocycles. The first-order chi connectivity index (χ1) is 19.3. The van der Waals surface area contributed by atoms with Gasteiger partial charge in [0.1, 0.15) is 12.4 Å². The van der Waals surface area contributed by atoms with Gasteiger partial charge in [-0.1, -0.05) is 13.0 Å². The highest BCUT2D eigenvalue weighted by atomic mass is 19.4. The zero-order chi connectivity index (χ0) is 29.5. The Morgan fingerprint density at radius 2 is 1.73 bits per heavy atom. The van der Waals surface area contributed by atoms with Crippen LogP contribution in [0.15, 0.2) is 36.4 Å². The highest BCUT2D eigenvalue weighted by Crippen LogP contribution is 2.48. The molecule has 2 aliphatic heterocycles. The van der Waals surface area contributed by atoms with Crippen molar-refractivity contribution in [1.29, 1.82) is 0 Å². The normalized spacial score (nSPS) is 21.8. The van der Waals surface area contributed by atoms with Crippen molar-refractivity contribution < 1.29 is 40.6 Å². The molecule has 41 heavy (non-hydrogen) atoms. The van der Waals surface area contributed by atoms with Gasteiger partial charge >= 0.3 is 18.3 Å². The number of alkyl halides is 6. The number of hydrogen-bond acceptors (Lipinski definition) is 5. The summed E-state index contributed by atoms with van der Waals surface area (Å²) in [7, 11) is 1.40. The summed E-state index contributed by atoms with van der Waals surface area (Å²) in [5.41, 5.74) is -0.576. The number of nitrogens with zero attached hydrogens (tertiary/aromatic N) is 1. The van der Waals surface area contributed by atoms with Gasteiger partial charge in [0.25, 0.3) is 0 Å². The molecule has 0 amide bonds. The van der Waals surface area contributed by atoms with Gasteiger partial charge < -0.3 is 14.8 Å². The number of benzene rings is 2. The van der Waals surface area contributed by atoms with Gasteiger partial charge in [0.15, 0.2) is 0 Å². The fraction of sp³-hybridized carbons (Fsp3) is 0.567. The molecule has 1 N–H and O–H groups in total. The molecule has 2 aromatic rings. The van der Waals surface area contributed by atoms with Crippen molar-refractivity contribution in [2.24, 2.45) is 17.8 Å². The predicted octanol–water partition coefficient (Wildman–Crippen LogP) is 7.11. The second kappa shape index (κ2) is 11.4. The molecule has 2 aromatic carbocycles. The summed E-state index contributed by atoms with van der Waals surface area (Å²) in [5.74, 6) is 0.884. The first kappa shape index (κ1) is 29.5. The summed E-state index contributed by atoms with van der Waals surface area (Å²) < 4.78 is 91.3. The van der Waals surface area contributed by atoms with E-state index < -0.39 is 23.5 Å². The average molecular weight is 585 g/mol. The highest BCUT2D eigenvalue weighted by molar-refractivity contribution is 5.73. The molecule has 0 spiro atoms. The van der Waals surface area contributed by atoms with Gasteiger partial charge in [-0.05, 0) is 98.0 Å². The van der Waals surface area contributed by atoms with Crippen molar-refractivity contribution >= 4 is 11.7 Å². The zero-order valence-corrected chi connectivity index (χ0v) is 22.9. The van der Waals surface area contributed by atoms with Crippen LogP contribution in [0.3, 0.4) is 0 Å². The van der Waals surface area contributed by atoms with Crippen molar-refractivity contribution in [3.63, 3.8) is 0 Å². The number of likely N-dealkylation sites (tertiary alicyclic amines) is 1. The molecule has 0 bridgehead atoms. The summed E-state index contributed by atoms with van der Waals surface area (Å²) in [4.78, 5) is 14.1. The number of fused-ring (bicyclic) bond motifs is 1. The van der Waals surface area contributed by atoms with Gasteiger partial charge in [-0.25, -0.2) is 0 Å². The van der Waals surface area contributed by atoms with Crippen LogP contribution in [-0.4, -0.2) is 43.7 Å². The van der Waals surface area contributed by atoms with E-state index in [1.807, 2.05) is 25.1 Å². The van der Waals surface area contributed by atoms with Crippen LogP contribution >= 0.6 is 0 Å². The Morgan fingerprint density at radius 1 is 1.02 bits per heavy atom. The fourth-order valence-corrected chi connectivity index (χ4v) is 6.36. The van der Waals surface area contributed by atoms with E-state index in [0.717, 1.165) is 29.8 Å². The quantitative estimate of drug-likeness (QED) is 0.278. The SMILES string of the molecule is COC(=O)[C@@H](C)[C@H](c1ccc2c(c1)N[C@H](C1CCN(Cc3cc(C(F)(F)F)ccc3C(F)(F)F)CC1)CO2)C1CC1. The lowest BCUT2D eigenvalue weighted by Crippen LogP contribution is -2.44. The fourth-order valence-electron chi connectivity index (χ4n) is 6.36. The molecule has 11 heteroatoms. The minimum atomic E-state index is -4.74. The van der Waals surface area contributed by atoms with Crippen molar-refractivity contribution in [1.82, 2.24) is 4.90 Å². The van der Waals surface area contributed by atoms with E-state index in [1.54, 1.807) is 4.90 Å². The Hall–Kier alpha value is -2.95. The van der Waals surface area contributed by atoms with Gasteiger partial charge in [0.2, 0.25) is 0 Å². The van der Waals surface area contributed by atoms with Crippen LogP contribution in [0.5, 0.6) is 5.75 Å². The van der Waals surface area contributed by atoms with Crippen LogP contribution in [-0.2, 0) is 28.4 Å². The minimum absolute atomic E-state index is 0.0170. The number of halogens is 6. The number of carbonyl (C=O) groups excluding carboxylic acids is 1. The molecule has 224 valence electrons. The predicted molar refractivity (Wildman–Crippen MR) is 140 cm³/mol. The number of ether oxygens (including phenoxy) is 2. The van der Waals surface area contributed by atoms with Gasteiger partial charge in [-0.15, -0.1) is 0 Å². The van der Waals surface area contributed by atoms with Crippen LogP contribution in [0.4, 0.5) is 32.0 Å². The van der Waals surface area contributed by atoms with E-state index in [1.165, 1.54) is 7.11 Å². The van der Waals surface area contributed by atoms with Crippen molar-refractivity contribution in [2.45, 2.75) is 63.5 Å². The lowest BCUT2D eigenvalue weighted by molar-refractivity contribution is -0.145. The summed E-state index contributed by atoms with van der Waals surface area (Å²) in [6.07, 6.45) is -5.98. The maximum absolute atomic E-state index is 13.5. The molecule has 2 fully saturated rings. The van der Waals surface area contributed by atoms with E-state index in [9.17, 15) is 31.1 Å². The second-order valence-electron chi connectivity index (χ2n) is 11.5. The molecule has 5 rings (SSSR count). The number of anilines is 1. The first-order valence-corrected chi connectivity index (χ1v) is 14.0. The average Bonchev–Trinajstić information content (AvgIpc) is 3.77. The Labute approximate surface area is 235 Å². The van der Waals surface area contributed by atoms with E-state index in [0.29, 0.717) is 56.7 Å². The summed E-state index contributed by atoms with van der Waals surface area (Å²) >= 11 is 0. The van der Waals surface area contributed by atoms with Gasteiger partial charge in [-0.3, -0.25) is 9.69 Å². The summed E-state index contributed by atoms with van der Waals surface area (Å²) in [5, 5.41) is 3.59. The van der Waals surface area contributed by atoms with Crippen LogP contribution in [0.1, 0.15) is 60.8 Å². The van der Waals surface area contributed by atoms with E-state index in [4.69, 9.17) is 9.47 Å². The van der Waals surface area contributed by atoms with Gasteiger partial charge in [-0.2, -0.15) is 26.3 Å². The Balaban J connectivity index is 1.24. The molecular formula is C30H34F6N2O3. The Bertz CT molecular complexity index is 1250. The number of esters is 1. The van der Waals surface area contributed by atoms with Crippen LogP contribution < -0.4 is 10.1 Å². The standard InChI is InChI=1S/C30H34F6N2O3/c1-17(28(39)40-2)27(19-3-4-19)20-5-8-26-24(14-20)37-25(16-41-26)18-9-11-38(12-10-18)15-21-13-22(29(31,32)33)6-7-23(21)30(34,35)36/h5-8,13-14,17-19,25,27,37H,3-4,9-12,15-16H2,1-2H3/t17-,25-,27-/m0/s1. The molecule has 0 radical (unpaired) electrons. The minimum Gasteiger partial charge on any atom is -0.489 e. The third-order valence-corrected chi connectivity index (χ3v) is 8.72. The van der Waals surface area contributed by atoms with Crippen molar-refractivity contribution in [3.05, 3.63) is 58.7 Å². The molecular weight excluding hydrogens is 550 g/mol. The van der Waals surface area contributed by atoms with E-state index >= 15 is 0 Å². The van der Waals surface area contributed by atoms with E-state index in [-0.39, 0.29) is 41.9 Å². The smallest absolute Gasteiger partial charge is 0.416 e. The summed E-state index contributed by atoms with van der Waals surface area (Å²) in [6, 6.07) is 7.59. The van der Waals surface area contributed by atoms with Crippen molar-refractivity contribution in [3.8, 4) is 5.75 Å². The number of piperidine rings is 1.